The van der Waals surface area contributed by atoms with Gasteiger partial charge in [-0.25, -0.2) is 0 Å². The first-order valence-electron chi connectivity index (χ1n) is 11.5. The Bertz CT molecular complexity index is 1300. The molecular weight excluding hydrogens is 429 g/mol. The van der Waals surface area contributed by atoms with Crippen LogP contribution < -0.4 is 5.19 Å². The van der Waals surface area contributed by atoms with Crippen molar-refractivity contribution < 1.29 is 0 Å². The number of hydrogen-bond acceptors (Lipinski definition) is 0. The van der Waals surface area contributed by atoms with E-state index >= 15 is 0 Å². The Morgan fingerprint density at radius 2 is 1.36 bits per heavy atom. The zero-order valence-electron chi connectivity index (χ0n) is 18.6. The largest absolute Gasteiger partial charge is 0.112 e. The van der Waals surface area contributed by atoms with E-state index in [1.165, 1.54) is 38.2 Å². The SMILES string of the molecule is C(=C[Si]c1ccc2cccc3c2c1C=CC3[Si]C=CCc1ccccc1)Cc1ccccc1. The second-order valence-electron chi connectivity index (χ2n) is 8.30. The van der Waals surface area contributed by atoms with Crippen molar-refractivity contribution in [1.29, 1.82) is 0 Å². The minimum absolute atomic E-state index is 0.473. The van der Waals surface area contributed by atoms with E-state index in [2.05, 4.69) is 127 Å². The third-order valence-corrected chi connectivity index (χ3v) is 8.49. The molecule has 0 aromatic heterocycles. The summed E-state index contributed by atoms with van der Waals surface area (Å²) in [5.41, 5.74) is 10.8. The fourth-order valence-corrected chi connectivity index (χ4v) is 6.42. The van der Waals surface area contributed by atoms with E-state index in [0.29, 0.717) is 15.1 Å². The van der Waals surface area contributed by atoms with Gasteiger partial charge in [-0.15, -0.1) is 5.70 Å². The molecule has 0 spiro atoms. The summed E-state index contributed by atoms with van der Waals surface area (Å²) in [4.78, 5) is 0. The van der Waals surface area contributed by atoms with Gasteiger partial charge in [0.2, 0.25) is 0 Å². The van der Waals surface area contributed by atoms with Gasteiger partial charge in [0, 0.05) is 0 Å². The molecule has 0 bridgehead atoms. The van der Waals surface area contributed by atoms with Crippen molar-refractivity contribution in [3.63, 3.8) is 0 Å². The van der Waals surface area contributed by atoms with E-state index in [0.717, 1.165) is 22.4 Å². The second-order valence-corrected chi connectivity index (χ2v) is 10.8. The normalized spacial score (nSPS) is 15.1. The summed E-state index contributed by atoms with van der Waals surface area (Å²) in [7, 11) is 1.45. The van der Waals surface area contributed by atoms with E-state index in [-0.39, 0.29) is 0 Å². The van der Waals surface area contributed by atoms with Crippen molar-refractivity contribution in [2.24, 2.45) is 0 Å². The fraction of sp³-hybridized carbons (Fsp3) is 0.0968. The third-order valence-electron chi connectivity index (χ3n) is 6.05. The maximum Gasteiger partial charge on any atom is 0.112 e. The van der Waals surface area contributed by atoms with Crippen LogP contribution in [0.25, 0.3) is 16.8 Å². The van der Waals surface area contributed by atoms with Crippen LogP contribution in [0.2, 0.25) is 0 Å². The van der Waals surface area contributed by atoms with Gasteiger partial charge in [0.15, 0.2) is 0 Å². The van der Waals surface area contributed by atoms with Crippen molar-refractivity contribution in [2.75, 3.05) is 0 Å². The first-order chi connectivity index (χ1) is 16.4. The summed E-state index contributed by atoms with van der Waals surface area (Å²) >= 11 is 0. The van der Waals surface area contributed by atoms with Gasteiger partial charge in [0.1, 0.15) is 9.52 Å². The first-order valence-corrected chi connectivity index (χ1v) is 13.8. The molecule has 1 unspecified atom stereocenters. The van der Waals surface area contributed by atoms with Gasteiger partial charge < -0.3 is 0 Å². The summed E-state index contributed by atoms with van der Waals surface area (Å²) in [6.07, 6.45) is 11.4. The molecule has 0 saturated heterocycles. The van der Waals surface area contributed by atoms with Crippen molar-refractivity contribution >= 4 is 41.1 Å². The molecule has 4 radical (unpaired) electrons. The number of benzene rings is 4. The maximum absolute atomic E-state index is 2.42. The van der Waals surface area contributed by atoms with E-state index in [1.54, 1.807) is 0 Å². The molecule has 4 aromatic carbocycles. The van der Waals surface area contributed by atoms with Crippen molar-refractivity contribution in [3.05, 3.63) is 143 Å². The van der Waals surface area contributed by atoms with E-state index in [9.17, 15) is 0 Å². The Hall–Kier alpha value is -3.21. The molecule has 0 amide bonds. The van der Waals surface area contributed by atoms with Crippen LogP contribution in [-0.2, 0) is 12.8 Å². The van der Waals surface area contributed by atoms with Crippen LogP contribution in [0.15, 0.2) is 121 Å². The third kappa shape index (κ3) is 5.24. The molecule has 0 saturated carbocycles. The monoisotopic (exact) mass is 454 g/mol. The van der Waals surface area contributed by atoms with Crippen LogP contribution >= 0.6 is 0 Å². The molecule has 4 aromatic rings. The van der Waals surface area contributed by atoms with Crippen LogP contribution in [0.3, 0.4) is 0 Å². The van der Waals surface area contributed by atoms with Gasteiger partial charge in [-0.1, -0.05) is 126 Å². The Morgan fingerprint density at radius 3 is 2.09 bits per heavy atom. The molecule has 0 nitrogen and oxygen atoms in total. The highest BCUT2D eigenvalue weighted by molar-refractivity contribution is 6.60. The number of rotatable bonds is 8. The van der Waals surface area contributed by atoms with Gasteiger partial charge in [0.25, 0.3) is 0 Å². The molecule has 1 aliphatic carbocycles. The summed E-state index contributed by atoms with van der Waals surface area (Å²) in [5.74, 6) is 0. The first kappa shape index (κ1) is 21.6. The van der Waals surface area contributed by atoms with Gasteiger partial charge in [-0.3, -0.25) is 0 Å². The number of hydrogen-bond donors (Lipinski definition) is 0. The Labute approximate surface area is 202 Å². The molecule has 0 aliphatic heterocycles. The highest BCUT2D eigenvalue weighted by Gasteiger charge is 2.18. The topological polar surface area (TPSA) is 0 Å². The van der Waals surface area contributed by atoms with Gasteiger partial charge in [0.05, 0.1) is 9.52 Å². The molecule has 0 fully saturated rings. The van der Waals surface area contributed by atoms with Gasteiger partial charge in [-0.2, -0.15) is 0 Å². The van der Waals surface area contributed by atoms with Crippen LogP contribution in [0.5, 0.6) is 0 Å². The Morgan fingerprint density at radius 1 is 0.667 bits per heavy atom. The molecule has 158 valence electrons. The Balaban J connectivity index is 1.31. The molecule has 1 aliphatic rings. The Kier molecular flexibility index (Phi) is 6.95. The molecule has 5 rings (SSSR count). The van der Waals surface area contributed by atoms with Gasteiger partial charge >= 0.3 is 0 Å². The molecule has 0 heterocycles. The predicted octanol–water partition coefficient (Wildman–Crippen LogP) is 6.45. The average molecular weight is 455 g/mol. The molecule has 0 N–H and O–H groups in total. The van der Waals surface area contributed by atoms with Crippen LogP contribution in [-0.4, -0.2) is 19.0 Å². The fourth-order valence-electron chi connectivity index (χ4n) is 4.37. The minimum Gasteiger partial charge on any atom is -0.101 e. The lowest BCUT2D eigenvalue weighted by Gasteiger charge is -2.22. The molecule has 33 heavy (non-hydrogen) atoms. The van der Waals surface area contributed by atoms with E-state index in [4.69, 9.17) is 0 Å². The lowest BCUT2D eigenvalue weighted by Crippen LogP contribution is -2.19. The van der Waals surface area contributed by atoms with Crippen LogP contribution in [0.1, 0.15) is 27.8 Å². The summed E-state index contributed by atoms with van der Waals surface area (Å²) < 4.78 is 0. The lowest BCUT2D eigenvalue weighted by molar-refractivity contribution is 1.21. The summed E-state index contributed by atoms with van der Waals surface area (Å²) in [5, 5.41) is 4.25. The van der Waals surface area contributed by atoms with Crippen molar-refractivity contribution in [1.82, 2.24) is 0 Å². The average Bonchev–Trinajstić information content (AvgIpc) is 2.88. The zero-order chi connectivity index (χ0) is 22.3. The maximum atomic E-state index is 2.42. The smallest absolute Gasteiger partial charge is 0.101 e. The van der Waals surface area contributed by atoms with Crippen LogP contribution in [0.4, 0.5) is 0 Å². The zero-order valence-corrected chi connectivity index (χ0v) is 20.6. The van der Waals surface area contributed by atoms with E-state index in [1.807, 2.05) is 0 Å². The highest BCUT2D eigenvalue weighted by atomic mass is 28.2. The minimum atomic E-state index is 0.473. The highest BCUT2D eigenvalue weighted by Crippen LogP contribution is 2.33. The predicted molar refractivity (Wildman–Crippen MR) is 145 cm³/mol. The summed E-state index contributed by atoms with van der Waals surface area (Å²) in [6, 6.07) is 32.8. The standard InChI is InChI=1S/C31H26Si2/c1-3-10-24(11-4-1)14-8-22-32-29-20-18-26-16-7-17-27-30(21-19-28(29)31(26)27)33-23-9-15-25-12-5-2-6-13-25/h1-13,16-23,30H,14-15H2. The van der Waals surface area contributed by atoms with Crippen LogP contribution in [0, 0.1) is 0 Å². The molecule has 2 heteroatoms. The quantitative estimate of drug-likeness (QED) is 0.268. The van der Waals surface area contributed by atoms with Gasteiger partial charge in [-0.05, 0) is 51.4 Å². The van der Waals surface area contributed by atoms with Crippen molar-refractivity contribution in [2.45, 2.75) is 18.4 Å². The van der Waals surface area contributed by atoms with Crippen molar-refractivity contribution in [3.8, 4) is 0 Å². The molecular formula is C31H26Si2. The lowest BCUT2D eigenvalue weighted by atomic mass is 9.93. The van der Waals surface area contributed by atoms with E-state index < -0.39 is 0 Å². The molecule has 1 atom stereocenters. The number of allylic oxidation sites excluding steroid dienone is 3. The second kappa shape index (κ2) is 10.6. The summed E-state index contributed by atoms with van der Waals surface area (Å²) in [6.45, 7) is 0.